The maximum absolute atomic E-state index is 3.22. The van der Waals surface area contributed by atoms with Crippen LogP contribution in [0.1, 0.15) is 30.5 Å². The van der Waals surface area contributed by atoms with E-state index < -0.39 is 0 Å². The van der Waals surface area contributed by atoms with Crippen molar-refractivity contribution in [2.45, 2.75) is 33.7 Å². The van der Waals surface area contributed by atoms with Gasteiger partial charge in [-0.3, -0.25) is 0 Å². The monoisotopic (exact) mass is 267 g/mol. The Bertz CT molecular complexity index is 570. The SMILES string of the molecule is CNCc1ccc(C)c(-c2cccc(CC(C)C)c2)c1. The third-order valence-electron chi connectivity index (χ3n) is 3.56. The van der Waals surface area contributed by atoms with Crippen LogP contribution in [0.2, 0.25) is 0 Å². The molecule has 0 unspecified atom stereocenters. The van der Waals surface area contributed by atoms with Gasteiger partial charge in [0, 0.05) is 6.54 Å². The van der Waals surface area contributed by atoms with Crippen LogP contribution in [-0.4, -0.2) is 7.05 Å². The molecule has 0 amide bonds. The molecule has 106 valence electrons. The molecule has 20 heavy (non-hydrogen) atoms. The molecule has 0 saturated heterocycles. The molecule has 0 aliphatic heterocycles. The Labute approximate surface area is 123 Å². The van der Waals surface area contributed by atoms with Crippen LogP contribution in [0.15, 0.2) is 42.5 Å². The van der Waals surface area contributed by atoms with Crippen LogP contribution in [-0.2, 0) is 13.0 Å². The minimum atomic E-state index is 0.696. The van der Waals surface area contributed by atoms with E-state index in [9.17, 15) is 0 Å². The van der Waals surface area contributed by atoms with Crippen molar-refractivity contribution in [3.8, 4) is 11.1 Å². The second-order valence-electron chi connectivity index (χ2n) is 5.98. The number of nitrogens with one attached hydrogen (secondary N) is 1. The second kappa shape index (κ2) is 6.71. The first kappa shape index (κ1) is 14.8. The van der Waals surface area contributed by atoms with Gasteiger partial charge >= 0.3 is 0 Å². The number of hydrogen-bond donors (Lipinski definition) is 1. The summed E-state index contributed by atoms with van der Waals surface area (Å²) >= 11 is 0. The molecule has 0 radical (unpaired) electrons. The van der Waals surface area contributed by atoms with Gasteiger partial charge in [0.25, 0.3) is 0 Å². The van der Waals surface area contributed by atoms with Crippen LogP contribution in [0.5, 0.6) is 0 Å². The molecule has 0 saturated carbocycles. The predicted molar refractivity (Wildman–Crippen MR) is 87.9 cm³/mol. The van der Waals surface area contributed by atoms with Gasteiger partial charge in [-0.05, 0) is 60.2 Å². The van der Waals surface area contributed by atoms with E-state index in [0.29, 0.717) is 5.92 Å². The fraction of sp³-hybridized carbons (Fsp3) is 0.368. The first-order valence-corrected chi connectivity index (χ1v) is 7.43. The molecule has 0 aliphatic rings. The average molecular weight is 267 g/mol. The molecule has 1 heteroatoms. The molecule has 0 aliphatic carbocycles. The van der Waals surface area contributed by atoms with Gasteiger partial charge in [0.15, 0.2) is 0 Å². The largest absolute Gasteiger partial charge is 0.316 e. The summed E-state index contributed by atoms with van der Waals surface area (Å²) < 4.78 is 0. The van der Waals surface area contributed by atoms with E-state index >= 15 is 0 Å². The Kier molecular flexibility index (Phi) is 4.97. The number of benzene rings is 2. The molecule has 0 atom stereocenters. The quantitative estimate of drug-likeness (QED) is 0.836. The van der Waals surface area contributed by atoms with Crippen LogP contribution in [0, 0.1) is 12.8 Å². The van der Waals surface area contributed by atoms with Gasteiger partial charge in [-0.25, -0.2) is 0 Å². The van der Waals surface area contributed by atoms with Gasteiger partial charge in [-0.1, -0.05) is 50.2 Å². The summed E-state index contributed by atoms with van der Waals surface area (Å²) in [5.41, 5.74) is 6.78. The van der Waals surface area contributed by atoms with Gasteiger partial charge in [-0.15, -0.1) is 0 Å². The van der Waals surface area contributed by atoms with Crippen molar-refractivity contribution in [2.24, 2.45) is 5.92 Å². The van der Waals surface area contributed by atoms with E-state index in [1.165, 1.54) is 27.8 Å². The molecular weight excluding hydrogens is 242 g/mol. The zero-order valence-electron chi connectivity index (χ0n) is 13.0. The molecule has 0 spiro atoms. The molecule has 0 heterocycles. The highest BCUT2D eigenvalue weighted by Crippen LogP contribution is 2.26. The molecule has 0 bridgehead atoms. The van der Waals surface area contributed by atoms with Crippen LogP contribution in [0.25, 0.3) is 11.1 Å². The number of hydrogen-bond acceptors (Lipinski definition) is 1. The first-order valence-electron chi connectivity index (χ1n) is 7.43. The summed E-state index contributed by atoms with van der Waals surface area (Å²) in [7, 11) is 1.99. The van der Waals surface area contributed by atoms with E-state index in [1.54, 1.807) is 0 Å². The highest BCUT2D eigenvalue weighted by Gasteiger charge is 2.05. The third-order valence-corrected chi connectivity index (χ3v) is 3.56. The van der Waals surface area contributed by atoms with Crippen LogP contribution < -0.4 is 5.32 Å². The van der Waals surface area contributed by atoms with Gasteiger partial charge in [0.05, 0.1) is 0 Å². The Balaban J connectivity index is 2.37. The van der Waals surface area contributed by atoms with Gasteiger partial charge in [0.2, 0.25) is 0 Å². The maximum atomic E-state index is 3.22. The minimum Gasteiger partial charge on any atom is -0.316 e. The highest BCUT2D eigenvalue weighted by molar-refractivity contribution is 5.68. The summed E-state index contributed by atoms with van der Waals surface area (Å²) in [6.45, 7) is 7.64. The fourth-order valence-electron chi connectivity index (χ4n) is 2.63. The summed E-state index contributed by atoms with van der Waals surface area (Å²) in [5, 5.41) is 3.22. The van der Waals surface area contributed by atoms with Crippen molar-refractivity contribution in [3.63, 3.8) is 0 Å². The van der Waals surface area contributed by atoms with Crippen LogP contribution in [0.3, 0.4) is 0 Å². The van der Waals surface area contributed by atoms with Crippen molar-refractivity contribution >= 4 is 0 Å². The lowest BCUT2D eigenvalue weighted by molar-refractivity contribution is 0.647. The summed E-state index contributed by atoms with van der Waals surface area (Å²) in [6.07, 6.45) is 1.14. The molecule has 1 nitrogen and oxygen atoms in total. The minimum absolute atomic E-state index is 0.696. The fourth-order valence-corrected chi connectivity index (χ4v) is 2.63. The van der Waals surface area contributed by atoms with Gasteiger partial charge in [0.1, 0.15) is 0 Å². The van der Waals surface area contributed by atoms with Crippen molar-refractivity contribution in [1.29, 1.82) is 0 Å². The zero-order valence-corrected chi connectivity index (χ0v) is 13.0. The molecule has 2 aromatic rings. The van der Waals surface area contributed by atoms with E-state index in [0.717, 1.165) is 13.0 Å². The van der Waals surface area contributed by atoms with Gasteiger partial charge in [-0.2, -0.15) is 0 Å². The third kappa shape index (κ3) is 3.71. The summed E-state index contributed by atoms with van der Waals surface area (Å²) in [6, 6.07) is 15.7. The van der Waals surface area contributed by atoms with Crippen molar-refractivity contribution in [3.05, 3.63) is 59.2 Å². The van der Waals surface area contributed by atoms with Crippen LogP contribution >= 0.6 is 0 Å². The second-order valence-corrected chi connectivity index (χ2v) is 5.98. The number of rotatable bonds is 5. The topological polar surface area (TPSA) is 12.0 Å². The smallest absolute Gasteiger partial charge is 0.0202 e. The highest BCUT2D eigenvalue weighted by atomic mass is 14.8. The molecule has 0 aromatic heterocycles. The standard InChI is InChI=1S/C19H25N/c1-14(2)10-16-6-5-7-18(11-16)19-12-17(13-20-4)9-8-15(19)3/h5-9,11-12,14,20H,10,13H2,1-4H3. The van der Waals surface area contributed by atoms with E-state index in [1.807, 2.05) is 7.05 Å². The molecular formula is C19H25N. The lowest BCUT2D eigenvalue weighted by atomic mass is 9.94. The van der Waals surface area contributed by atoms with E-state index in [-0.39, 0.29) is 0 Å². The Morgan fingerprint density at radius 1 is 1.00 bits per heavy atom. The maximum Gasteiger partial charge on any atom is 0.0202 e. The van der Waals surface area contributed by atoms with Crippen molar-refractivity contribution in [2.75, 3.05) is 7.05 Å². The Morgan fingerprint density at radius 3 is 2.50 bits per heavy atom. The lowest BCUT2D eigenvalue weighted by Crippen LogP contribution is -2.05. The molecule has 1 N–H and O–H groups in total. The van der Waals surface area contributed by atoms with E-state index in [2.05, 4.69) is 68.6 Å². The van der Waals surface area contributed by atoms with Crippen molar-refractivity contribution in [1.82, 2.24) is 5.32 Å². The lowest BCUT2D eigenvalue weighted by Gasteiger charge is -2.12. The predicted octanol–water partition coefficient (Wildman–Crippen LogP) is 4.58. The normalized spacial score (nSPS) is 11.1. The summed E-state index contributed by atoms with van der Waals surface area (Å²) in [5.74, 6) is 0.696. The Hall–Kier alpha value is -1.60. The zero-order chi connectivity index (χ0) is 14.5. The van der Waals surface area contributed by atoms with Gasteiger partial charge < -0.3 is 5.32 Å². The molecule has 2 rings (SSSR count). The average Bonchev–Trinajstić information content (AvgIpc) is 2.41. The van der Waals surface area contributed by atoms with E-state index in [4.69, 9.17) is 0 Å². The Morgan fingerprint density at radius 2 is 1.80 bits per heavy atom. The van der Waals surface area contributed by atoms with Crippen molar-refractivity contribution < 1.29 is 0 Å². The molecule has 2 aromatic carbocycles. The summed E-state index contributed by atoms with van der Waals surface area (Å²) in [4.78, 5) is 0. The van der Waals surface area contributed by atoms with Crippen LogP contribution in [0.4, 0.5) is 0 Å². The first-order chi connectivity index (χ1) is 9.60. The number of aryl methyl sites for hydroxylation is 1. The molecule has 0 fully saturated rings.